The van der Waals surface area contributed by atoms with Gasteiger partial charge in [0.05, 0.1) is 13.2 Å². The monoisotopic (exact) mass is 447 g/mol. The molecule has 2 saturated heterocycles. The predicted molar refractivity (Wildman–Crippen MR) is 109 cm³/mol. The molecule has 0 radical (unpaired) electrons. The van der Waals surface area contributed by atoms with Crippen molar-refractivity contribution in [1.29, 1.82) is 0 Å². The Morgan fingerprint density at radius 1 is 1.22 bits per heavy atom. The maximum atomic E-state index is 12.4. The third-order valence-corrected chi connectivity index (χ3v) is 5.08. The molecule has 2 aromatic rings. The molecule has 2 aliphatic heterocycles. The van der Waals surface area contributed by atoms with Crippen molar-refractivity contribution in [2.24, 2.45) is 0 Å². The van der Waals surface area contributed by atoms with Crippen molar-refractivity contribution >= 4 is 11.8 Å². The molecule has 2 aliphatic rings. The molecule has 2 fully saturated rings. The van der Waals surface area contributed by atoms with Crippen LogP contribution in [0.1, 0.15) is 32.6 Å². The van der Waals surface area contributed by atoms with E-state index >= 15 is 0 Å². The minimum absolute atomic E-state index is 0.0318. The molecule has 4 atom stereocenters. The van der Waals surface area contributed by atoms with Crippen molar-refractivity contribution in [3.05, 3.63) is 52.6 Å². The second-order valence-electron chi connectivity index (χ2n) is 8.00. The molecule has 0 saturated carbocycles. The number of carbonyl (C=O) groups is 1. The molecule has 172 valence electrons. The highest BCUT2D eigenvalue weighted by molar-refractivity contribution is 5.69. The van der Waals surface area contributed by atoms with Gasteiger partial charge in [-0.1, -0.05) is 12.1 Å². The number of benzene rings is 1. The van der Waals surface area contributed by atoms with Crippen LogP contribution in [0, 0.1) is 0 Å². The molecule has 0 unspecified atom stereocenters. The van der Waals surface area contributed by atoms with Gasteiger partial charge in [0.25, 0.3) is 0 Å². The van der Waals surface area contributed by atoms with E-state index in [1.54, 1.807) is 38.1 Å². The van der Waals surface area contributed by atoms with Crippen molar-refractivity contribution in [2.45, 2.75) is 57.7 Å². The molecule has 32 heavy (non-hydrogen) atoms. The minimum atomic E-state index is -0.841. The summed E-state index contributed by atoms with van der Waals surface area (Å²) in [6.45, 7) is 5.46. The van der Waals surface area contributed by atoms with Crippen LogP contribution in [0.3, 0.4) is 0 Å². The third-order valence-electron chi connectivity index (χ3n) is 5.08. The van der Waals surface area contributed by atoms with Crippen LogP contribution in [0.15, 0.2) is 41.3 Å². The topological polar surface area (TPSA) is 130 Å². The predicted octanol–water partition coefficient (Wildman–Crippen LogP) is 1.60. The Kier molecular flexibility index (Phi) is 6.26. The van der Waals surface area contributed by atoms with Crippen LogP contribution in [0.4, 0.5) is 5.82 Å². The maximum absolute atomic E-state index is 12.4. The molecule has 0 spiro atoms. The van der Waals surface area contributed by atoms with E-state index in [-0.39, 0.29) is 18.4 Å². The van der Waals surface area contributed by atoms with Crippen molar-refractivity contribution < 1.29 is 33.7 Å². The zero-order valence-electron chi connectivity index (χ0n) is 17.9. The van der Waals surface area contributed by atoms with Crippen LogP contribution in [-0.2, 0) is 30.3 Å². The number of nitrogens with one attached hydrogen (secondary N) is 1. The number of aromatic nitrogens is 2. The second-order valence-corrected chi connectivity index (χ2v) is 8.00. The lowest BCUT2D eigenvalue weighted by atomic mass is 10.1. The van der Waals surface area contributed by atoms with E-state index in [0.29, 0.717) is 12.4 Å². The summed E-state index contributed by atoms with van der Waals surface area (Å²) in [5, 5.41) is 8.95. The molecule has 11 nitrogen and oxygen atoms in total. The molecular formula is C21H25N3O8. The number of hydrogen-bond acceptors (Lipinski definition) is 10. The van der Waals surface area contributed by atoms with Gasteiger partial charge >= 0.3 is 11.7 Å². The number of hydrogen-bond donors (Lipinski definition) is 2. The van der Waals surface area contributed by atoms with Crippen LogP contribution in [-0.4, -0.2) is 51.4 Å². The first kappa shape index (κ1) is 22.4. The van der Waals surface area contributed by atoms with Gasteiger partial charge in [0.15, 0.2) is 17.8 Å². The van der Waals surface area contributed by atoms with Gasteiger partial charge in [0, 0.05) is 13.1 Å². The molecule has 4 rings (SSSR count). The number of anilines is 1. The zero-order chi connectivity index (χ0) is 22.9. The molecule has 0 bridgehead atoms. The SMILES string of the molecule is CC(=O)Oc1ccc(COC[C@H]2O[C@@H](n3ccc(NO)nc3=O)[C@@H]3OC(C)(C)O[C@@H]32)cc1. The lowest BCUT2D eigenvalue weighted by Gasteiger charge is -2.24. The van der Waals surface area contributed by atoms with Gasteiger partial charge in [-0.2, -0.15) is 4.98 Å². The van der Waals surface area contributed by atoms with Crippen LogP contribution < -0.4 is 15.9 Å². The fourth-order valence-corrected chi connectivity index (χ4v) is 3.80. The molecule has 0 amide bonds. The summed E-state index contributed by atoms with van der Waals surface area (Å²) in [5.41, 5.74) is 2.13. The van der Waals surface area contributed by atoms with Gasteiger partial charge in [-0.25, -0.2) is 4.79 Å². The normalized spacial score (nSPS) is 26.0. The Balaban J connectivity index is 1.42. The van der Waals surface area contributed by atoms with E-state index < -0.39 is 36.0 Å². The van der Waals surface area contributed by atoms with Gasteiger partial charge in [-0.05, 0) is 37.6 Å². The fourth-order valence-electron chi connectivity index (χ4n) is 3.80. The summed E-state index contributed by atoms with van der Waals surface area (Å²) in [6.07, 6.45) is -0.739. The highest BCUT2D eigenvalue weighted by Gasteiger charge is 2.56. The first-order valence-electron chi connectivity index (χ1n) is 10.1. The van der Waals surface area contributed by atoms with Gasteiger partial charge < -0.3 is 23.7 Å². The van der Waals surface area contributed by atoms with Crippen molar-refractivity contribution in [3.63, 3.8) is 0 Å². The number of rotatable bonds is 7. The lowest BCUT2D eigenvalue weighted by molar-refractivity contribution is -0.202. The summed E-state index contributed by atoms with van der Waals surface area (Å²) in [4.78, 5) is 27.2. The Hall–Kier alpha value is -2.83. The van der Waals surface area contributed by atoms with E-state index in [0.717, 1.165) is 5.56 Å². The summed E-state index contributed by atoms with van der Waals surface area (Å²) in [6, 6.07) is 8.45. The summed E-state index contributed by atoms with van der Waals surface area (Å²) < 4.78 is 30.2. The van der Waals surface area contributed by atoms with Gasteiger partial charge in [-0.3, -0.25) is 20.0 Å². The molecule has 1 aromatic carbocycles. The van der Waals surface area contributed by atoms with Crippen LogP contribution in [0.2, 0.25) is 0 Å². The van der Waals surface area contributed by atoms with E-state index in [4.69, 9.17) is 28.9 Å². The quantitative estimate of drug-likeness (QED) is 0.367. The number of ether oxygens (including phenoxy) is 5. The Morgan fingerprint density at radius 3 is 2.59 bits per heavy atom. The molecule has 11 heteroatoms. The number of nitrogens with zero attached hydrogens (tertiary/aromatic N) is 2. The van der Waals surface area contributed by atoms with E-state index in [9.17, 15) is 9.59 Å². The van der Waals surface area contributed by atoms with E-state index in [1.807, 2.05) is 5.48 Å². The summed E-state index contributed by atoms with van der Waals surface area (Å²) >= 11 is 0. The highest BCUT2D eigenvalue weighted by Crippen LogP contribution is 2.42. The minimum Gasteiger partial charge on any atom is -0.427 e. The smallest absolute Gasteiger partial charge is 0.351 e. The van der Waals surface area contributed by atoms with Crippen LogP contribution in [0.5, 0.6) is 5.75 Å². The van der Waals surface area contributed by atoms with Gasteiger partial charge in [0.2, 0.25) is 0 Å². The van der Waals surface area contributed by atoms with Crippen molar-refractivity contribution in [1.82, 2.24) is 9.55 Å². The first-order chi connectivity index (χ1) is 15.3. The fraction of sp³-hybridized carbons (Fsp3) is 0.476. The average Bonchev–Trinajstić information content (AvgIpc) is 3.22. The van der Waals surface area contributed by atoms with E-state index in [2.05, 4.69) is 4.98 Å². The maximum Gasteiger partial charge on any atom is 0.351 e. The second kappa shape index (κ2) is 8.96. The summed E-state index contributed by atoms with van der Waals surface area (Å²) in [5.74, 6) is -0.725. The van der Waals surface area contributed by atoms with Gasteiger partial charge in [-0.15, -0.1) is 0 Å². The third kappa shape index (κ3) is 4.81. The van der Waals surface area contributed by atoms with Crippen LogP contribution in [0.25, 0.3) is 0 Å². The largest absolute Gasteiger partial charge is 0.427 e. The highest BCUT2D eigenvalue weighted by atomic mass is 16.8. The lowest BCUT2D eigenvalue weighted by Crippen LogP contribution is -2.34. The number of carbonyl (C=O) groups excluding carboxylic acids is 1. The Morgan fingerprint density at radius 2 is 1.94 bits per heavy atom. The van der Waals surface area contributed by atoms with E-state index in [1.165, 1.54) is 23.8 Å². The van der Waals surface area contributed by atoms with Crippen molar-refractivity contribution in [2.75, 3.05) is 12.1 Å². The molecular weight excluding hydrogens is 422 g/mol. The zero-order valence-corrected chi connectivity index (χ0v) is 17.9. The van der Waals surface area contributed by atoms with Crippen LogP contribution >= 0.6 is 0 Å². The first-order valence-corrected chi connectivity index (χ1v) is 10.1. The number of fused-ring (bicyclic) bond motifs is 1. The molecule has 1 aromatic heterocycles. The standard InChI is InChI=1S/C21H25N3O8/c1-12(25)29-14-6-4-13(5-7-14)10-28-11-15-17-18(32-21(2,3)31-17)19(30-15)24-9-8-16(23-27)22-20(24)26/h4-9,15,17-19,27H,10-11H2,1-3H3,(H,22,23,26)/t15-,17-,18-,19-/m1/s1. The molecule has 3 heterocycles. The van der Waals surface area contributed by atoms with Gasteiger partial charge in [0.1, 0.15) is 24.1 Å². The number of esters is 1. The average molecular weight is 447 g/mol. The summed E-state index contributed by atoms with van der Waals surface area (Å²) in [7, 11) is 0. The molecule has 2 N–H and O–H groups in total. The Labute approximate surface area is 183 Å². The van der Waals surface area contributed by atoms with Crippen molar-refractivity contribution in [3.8, 4) is 5.75 Å². The Bertz CT molecular complexity index is 1020. The molecule has 0 aliphatic carbocycles.